The summed E-state index contributed by atoms with van der Waals surface area (Å²) in [6.45, 7) is 0.593. The van der Waals surface area contributed by atoms with E-state index >= 15 is 0 Å². The average Bonchev–Trinajstić information content (AvgIpc) is 3.16. The first-order valence-corrected chi connectivity index (χ1v) is 10.3. The Balaban J connectivity index is 0.00000364. The third kappa shape index (κ3) is 7.73. The van der Waals surface area contributed by atoms with Crippen LogP contribution >= 0.6 is 24.2 Å². The maximum Gasteiger partial charge on any atom is 0.315 e. The number of halogens is 1. The number of fused-ring (bicyclic) bond motifs is 1. The minimum Gasteiger partial charge on any atom is -0.356 e. The number of hydrogen-bond donors (Lipinski definition) is 6. The Morgan fingerprint density at radius 2 is 2.00 bits per heavy atom. The minimum absolute atomic E-state index is 0. The van der Waals surface area contributed by atoms with Crippen molar-refractivity contribution in [1.82, 2.24) is 21.4 Å². The fourth-order valence-corrected chi connectivity index (χ4v) is 4.86. The van der Waals surface area contributed by atoms with E-state index in [1.807, 2.05) is 17.2 Å². The van der Waals surface area contributed by atoms with E-state index in [2.05, 4.69) is 16.0 Å². The molecule has 11 heteroatoms. The molecule has 156 valence electrons. The molecule has 8 N–H and O–H groups in total. The highest BCUT2D eigenvalue weighted by atomic mass is 35.5. The first-order valence-electron chi connectivity index (χ1n) is 9.22. The van der Waals surface area contributed by atoms with Crippen LogP contribution in [0.3, 0.4) is 0 Å². The van der Waals surface area contributed by atoms with Crippen LogP contribution in [0, 0.1) is 0 Å². The molecule has 27 heavy (non-hydrogen) atoms. The maximum atomic E-state index is 11.8. The molecule has 0 aliphatic carbocycles. The Kier molecular flexibility index (Phi) is 10.8. The van der Waals surface area contributed by atoms with Crippen LogP contribution in [0.25, 0.3) is 0 Å². The first kappa shape index (κ1) is 23.8. The van der Waals surface area contributed by atoms with Gasteiger partial charge in [0, 0.05) is 24.0 Å². The highest BCUT2D eigenvalue weighted by molar-refractivity contribution is 8.00. The van der Waals surface area contributed by atoms with E-state index in [-0.39, 0.29) is 42.3 Å². The number of hydrazine groups is 1. The molecular weight excluding hydrogens is 392 g/mol. The fraction of sp³-hybridized carbons (Fsp3) is 0.812. The molecule has 0 spiro atoms. The smallest absolute Gasteiger partial charge is 0.315 e. The van der Waals surface area contributed by atoms with Gasteiger partial charge >= 0.3 is 6.03 Å². The Hall–Kier alpha value is -1.23. The van der Waals surface area contributed by atoms with Crippen molar-refractivity contribution in [2.45, 2.75) is 68.3 Å². The number of carbonyl (C=O) groups excluding carboxylic acids is 3. The topological polar surface area (TPSA) is 151 Å². The van der Waals surface area contributed by atoms with Gasteiger partial charge in [-0.25, -0.2) is 10.6 Å². The molecular formula is C16H31ClN6O3S. The second kappa shape index (κ2) is 12.3. The molecule has 2 heterocycles. The van der Waals surface area contributed by atoms with E-state index in [0.29, 0.717) is 24.6 Å². The summed E-state index contributed by atoms with van der Waals surface area (Å²) in [5.74, 6) is 5.67. The lowest BCUT2D eigenvalue weighted by Gasteiger charge is -2.16. The van der Waals surface area contributed by atoms with Gasteiger partial charge in [-0.3, -0.25) is 15.0 Å². The van der Waals surface area contributed by atoms with E-state index in [9.17, 15) is 14.4 Å². The summed E-state index contributed by atoms with van der Waals surface area (Å²) in [6.07, 6.45) is 5.46. The molecule has 4 atom stereocenters. The van der Waals surface area contributed by atoms with Crippen LogP contribution in [0.5, 0.6) is 0 Å². The van der Waals surface area contributed by atoms with Gasteiger partial charge in [0.15, 0.2) is 0 Å². The highest BCUT2D eigenvalue weighted by Gasteiger charge is 2.42. The van der Waals surface area contributed by atoms with Gasteiger partial charge in [0.05, 0.1) is 18.1 Å². The monoisotopic (exact) mass is 422 g/mol. The SMILES string of the molecule is Cl.NNC(=O)C(N)CCCCNC(=O)CCCCC1SCC2NC(=O)NC21. The Labute approximate surface area is 170 Å². The fourth-order valence-electron chi connectivity index (χ4n) is 3.32. The molecule has 9 nitrogen and oxygen atoms in total. The predicted octanol–water partition coefficient (Wildman–Crippen LogP) is -0.262. The van der Waals surface area contributed by atoms with E-state index < -0.39 is 6.04 Å². The van der Waals surface area contributed by atoms with Gasteiger partial charge in [0.2, 0.25) is 5.91 Å². The summed E-state index contributed by atoms with van der Waals surface area (Å²) in [4.78, 5) is 34.3. The summed E-state index contributed by atoms with van der Waals surface area (Å²) >= 11 is 1.90. The van der Waals surface area contributed by atoms with Crippen molar-refractivity contribution in [2.75, 3.05) is 12.3 Å². The normalized spacial score (nSPS) is 24.2. The standard InChI is InChI=1S/C16H30N6O3S.ClH/c17-10(15(24)22-18)5-3-4-8-19-13(23)7-2-1-6-12-14-11(9-26-12)20-16(25)21-14;/h10-12,14H,1-9,17-18H2,(H,19,23)(H,22,24)(H2,20,21,25);1H. The average molecular weight is 423 g/mol. The number of rotatable bonds is 11. The van der Waals surface area contributed by atoms with Crippen LogP contribution in [0.1, 0.15) is 44.9 Å². The molecule has 0 aromatic heterocycles. The largest absolute Gasteiger partial charge is 0.356 e. The number of hydrogen-bond acceptors (Lipinski definition) is 6. The molecule has 0 aromatic carbocycles. The van der Waals surface area contributed by atoms with Crippen molar-refractivity contribution in [3.63, 3.8) is 0 Å². The molecule has 4 unspecified atom stereocenters. The minimum atomic E-state index is -0.594. The van der Waals surface area contributed by atoms with Crippen molar-refractivity contribution in [2.24, 2.45) is 11.6 Å². The van der Waals surface area contributed by atoms with E-state index in [1.165, 1.54) is 0 Å². The molecule has 2 saturated heterocycles. The quantitative estimate of drug-likeness (QED) is 0.0886. The lowest BCUT2D eigenvalue weighted by molar-refractivity contribution is -0.123. The number of amides is 4. The summed E-state index contributed by atoms with van der Waals surface area (Å²) in [7, 11) is 0. The van der Waals surface area contributed by atoms with Gasteiger partial charge in [0.25, 0.3) is 5.91 Å². The van der Waals surface area contributed by atoms with E-state index in [1.54, 1.807) is 0 Å². The number of thioether (sulfide) groups is 1. The number of nitrogens with one attached hydrogen (secondary N) is 4. The van der Waals surface area contributed by atoms with Crippen molar-refractivity contribution >= 4 is 42.0 Å². The summed E-state index contributed by atoms with van der Waals surface area (Å²) in [5, 5.41) is 9.25. The molecule has 4 amide bonds. The van der Waals surface area contributed by atoms with Gasteiger partial charge in [-0.1, -0.05) is 6.42 Å². The lowest BCUT2D eigenvalue weighted by atomic mass is 10.0. The number of carbonyl (C=O) groups is 3. The molecule has 2 aliphatic rings. The molecule has 0 saturated carbocycles. The second-order valence-electron chi connectivity index (χ2n) is 6.83. The third-order valence-electron chi connectivity index (χ3n) is 4.82. The Morgan fingerprint density at radius 3 is 2.74 bits per heavy atom. The van der Waals surface area contributed by atoms with E-state index in [0.717, 1.165) is 37.9 Å². The van der Waals surface area contributed by atoms with Gasteiger partial charge in [-0.15, -0.1) is 12.4 Å². The zero-order chi connectivity index (χ0) is 18.9. The van der Waals surface area contributed by atoms with Crippen LogP contribution in [-0.4, -0.2) is 53.5 Å². The zero-order valence-corrected chi connectivity index (χ0v) is 17.0. The van der Waals surface area contributed by atoms with Gasteiger partial charge in [0.1, 0.15) is 0 Å². The third-order valence-corrected chi connectivity index (χ3v) is 6.33. The van der Waals surface area contributed by atoms with Gasteiger partial charge in [-0.05, 0) is 32.1 Å². The van der Waals surface area contributed by atoms with Crippen LogP contribution in [0.4, 0.5) is 4.79 Å². The molecule has 0 radical (unpaired) electrons. The van der Waals surface area contributed by atoms with Crippen LogP contribution in [0.15, 0.2) is 0 Å². The molecule has 0 aromatic rings. The summed E-state index contributed by atoms with van der Waals surface area (Å²) in [5.41, 5.74) is 7.66. The number of unbranched alkanes of at least 4 members (excludes halogenated alkanes) is 2. The highest BCUT2D eigenvalue weighted by Crippen LogP contribution is 2.33. The molecule has 2 rings (SSSR count). The van der Waals surface area contributed by atoms with Crippen molar-refractivity contribution in [3.8, 4) is 0 Å². The Morgan fingerprint density at radius 1 is 1.22 bits per heavy atom. The lowest BCUT2D eigenvalue weighted by Crippen LogP contribution is -2.43. The first-order chi connectivity index (χ1) is 12.5. The molecule has 2 aliphatic heterocycles. The molecule has 2 fully saturated rings. The number of nitrogens with two attached hydrogens (primary N) is 2. The van der Waals surface area contributed by atoms with Crippen LogP contribution < -0.4 is 33.0 Å². The zero-order valence-electron chi connectivity index (χ0n) is 15.4. The van der Waals surface area contributed by atoms with Crippen molar-refractivity contribution < 1.29 is 14.4 Å². The van der Waals surface area contributed by atoms with Crippen LogP contribution in [0.2, 0.25) is 0 Å². The summed E-state index contributed by atoms with van der Waals surface area (Å²) in [6, 6.07) is -0.170. The van der Waals surface area contributed by atoms with Crippen LogP contribution in [-0.2, 0) is 9.59 Å². The molecule has 0 bridgehead atoms. The maximum absolute atomic E-state index is 11.8. The Bertz CT molecular complexity index is 513. The second-order valence-corrected chi connectivity index (χ2v) is 8.10. The van der Waals surface area contributed by atoms with Gasteiger partial charge in [-0.2, -0.15) is 11.8 Å². The van der Waals surface area contributed by atoms with Crippen molar-refractivity contribution in [1.29, 1.82) is 0 Å². The number of urea groups is 1. The summed E-state index contributed by atoms with van der Waals surface area (Å²) < 4.78 is 0. The van der Waals surface area contributed by atoms with Crippen molar-refractivity contribution in [3.05, 3.63) is 0 Å². The van der Waals surface area contributed by atoms with E-state index in [4.69, 9.17) is 11.6 Å². The van der Waals surface area contributed by atoms with Gasteiger partial charge < -0.3 is 21.7 Å². The predicted molar refractivity (Wildman–Crippen MR) is 108 cm³/mol.